The molecule has 0 aromatic carbocycles. The van der Waals surface area contributed by atoms with Crippen molar-refractivity contribution >= 4 is 23.1 Å². The standard InChI is InChI=1S/C9H14ClN3O2/c10-8-5-7(11)6-12-9(8)13(1-3-14)2-4-15/h5-6,14-15H,1-4,11H2. The van der Waals surface area contributed by atoms with E-state index in [9.17, 15) is 0 Å². The molecule has 1 aromatic rings. The molecule has 0 aliphatic heterocycles. The summed E-state index contributed by atoms with van der Waals surface area (Å²) in [4.78, 5) is 5.76. The number of halogens is 1. The first-order valence-electron chi connectivity index (χ1n) is 4.56. The quantitative estimate of drug-likeness (QED) is 0.670. The number of aliphatic hydroxyl groups excluding tert-OH is 2. The maximum absolute atomic E-state index is 8.85. The first-order chi connectivity index (χ1) is 7.19. The molecule has 0 saturated carbocycles. The summed E-state index contributed by atoms with van der Waals surface area (Å²) in [5.74, 6) is 0.522. The molecule has 15 heavy (non-hydrogen) atoms. The fraction of sp³-hybridized carbons (Fsp3) is 0.444. The van der Waals surface area contributed by atoms with Gasteiger partial charge in [-0.3, -0.25) is 0 Å². The van der Waals surface area contributed by atoms with Crippen molar-refractivity contribution in [2.24, 2.45) is 0 Å². The molecule has 1 rings (SSSR count). The largest absolute Gasteiger partial charge is 0.397 e. The van der Waals surface area contributed by atoms with Crippen molar-refractivity contribution in [1.29, 1.82) is 0 Å². The molecule has 0 radical (unpaired) electrons. The van der Waals surface area contributed by atoms with Gasteiger partial charge < -0.3 is 20.8 Å². The van der Waals surface area contributed by atoms with Crippen LogP contribution in [-0.4, -0.2) is 41.5 Å². The molecule has 1 heterocycles. The number of nitrogen functional groups attached to an aromatic ring is 1. The van der Waals surface area contributed by atoms with Crippen molar-refractivity contribution in [3.05, 3.63) is 17.3 Å². The Morgan fingerprint density at radius 3 is 2.40 bits per heavy atom. The molecule has 0 unspecified atom stereocenters. The minimum atomic E-state index is -0.0254. The summed E-state index contributed by atoms with van der Waals surface area (Å²) < 4.78 is 0. The Hall–Kier alpha value is -1.04. The highest BCUT2D eigenvalue weighted by molar-refractivity contribution is 6.33. The van der Waals surface area contributed by atoms with Crippen molar-refractivity contribution in [1.82, 2.24) is 4.98 Å². The van der Waals surface area contributed by atoms with Crippen LogP contribution in [0.1, 0.15) is 0 Å². The van der Waals surface area contributed by atoms with Gasteiger partial charge in [0.15, 0.2) is 0 Å². The van der Waals surface area contributed by atoms with E-state index in [0.717, 1.165) is 0 Å². The smallest absolute Gasteiger partial charge is 0.147 e. The predicted molar refractivity (Wildman–Crippen MR) is 60.0 cm³/mol. The molecule has 0 aliphatic carbocycles. The lowest BCUT2D eigenvalue weighted by Crippen LogP contribution is -2.30. The predicted octanol–water partition coefficient (Wildman–Crippen LogP) is 0.108. The minimum absolute atomic E-state index is 0.0254. The van der Waals surface area contributed by atoms with Crippen molar-refractivity contribution in [2.75, 3.05) is 36.9 Å². The number of anilines is 2. The van der Waals surface area contributed by atoms with Crippen LogP contribution >= 0.6 is 11.6 Å². The average Bonchev–Trinajstić information content (AvgIpc) is 2.17. The van der Waals surface area contributed by atoms with Crippen LogP contribution in [-0.2, 0) is 0 Å². The van der Waals surface area contributed by atoms with E-state index < -0.39 is 0 Å². The Bertz CT molecular complexity index is 316. The van der Waals surface area contributed by atoms with Gasteiger partial charge in [-0.05, 0) is 6.07 Å². The molecule has 0 bridgehead atoms. The van der Waals surface area contributed by atoms with Gasteiger partial charge in [0.25, 0.3) is 0 Å². The molecular formula is C9H14ClN3O2. The van der Waals surface area contributed by atoms with Gasteiger partial charge in [0.1, 0.15) is 5.82 Å². The van der Waals surface area contributed by atoms with E-state index in [1.54, 1.807) is 11.0 Å². The molecule has 1 aromatic heterocycles. The highest BCUT2D eigenvalue weighted by atomic mass is 35.5. The van der Waals surface area contributed by atoms with Crippen LogP contribution in [0, 0.1) is 0 Å². The Labute approximate surface area is 93.1 Å². The molecule has 5 nitrogen and oxygen atoms in total. The molecule has 84 valence electrons. The number of nitrogens with zero attached hydrogens (tertiary/aromatic N) is 2. The van der Waals surface area contributed by atoms with Gasteiger partial charge in [-0.2, -0.15) is 0 Å². The third-order valence-corrected chi connectivity index (χ3v) is 2.16. The molecule has 0 amide bonds. The van der Waals surface area contributed by atoms with Crippen molar-refractivity contribution in [2.45, 2.75) is 0 Å². The summed E-state index contributed by atoms with van der Waals surface area (Å²) in [5, 5.41) is 18.1. The van der Waals surface area contributed by atoms with Crippen molar-refractivity contribution in [3.63, 3.8) is 0 Å². The Balaban J connectivity index is 2.89. The lowest BCUT2D eigenvalue weighted by molar-refractivity contribution is 0.280. The molecule has 0 spiro atoms. The van der Waals surface area contributed by atoms with E-state index in [4.69, 9.17) is 27.5 Å². The van der Waals surface area contributed by atoms with E-state index in [0.29, 0.717) is 29.6 Å². The number of nitrogens with two attached hydrogens (primary N) is 1. The first-order valence-corrected chi connectivity index (χ1v) is 4.94. The SMILES string of the molecule is Nc1cnc(N(CCO)CCO)c(Cl)c1. The Morgan fingerprint density at radius 1 is 1.33 bits per heavy atom. The minimum Gasteiger partial charge on any atom is -0.397 e. The van der Waals surface area contributed by atoms with Crippen LogP contribution < -0.4 is 10.6 Å². The van der Waals surface area contributed by atoms with Crippen LogP contribution in [0.5, 0.6) is 0 Å². The molecule has 4 N–H and O–H groups in total. The van der Waals surface area contributed by atoms with E-state index in [1.807, 2.05) is 0 Å². The van der Waals surface area contributed by atoms with Gasteiger partial charge in [0, 0.05) is 13.1 Å². The average molecular weight is 232 g/mol. The van der Waals surface area contributed by atoms with Gasteiger partial charge in [-0.1, -0.05) is 11.6 Å². The number of hydrogen-bond donors (Lipinski definition) is 3. The fourth-order valence-corrected chi connectivity index (χ4v) is 1.54. The maximum Gasteiger partial charge on any atom is 0.147 e. The van der Waals surface area contributed by atoms with E-state index in [2.05, 4.69) is 4.98 Å². The number of pyridine rings is 1. The van der Waals surface area contributed by atoms with E-state index >= 15 is 0 Å². The zero-order valence-corrected chi connectivity index (χ0v) is 8.98. The summed E-state index contributed by atoms with van der Waals surface area (Å²) in [6.07, 6.45) is 1.49. The molecule has 0 aliphatic rings. The normalized spacial score (nSPS) is 10.3. The van der Waals surface area contributed by atoms with Crippen molar-refractivity contribution in [3.8, 4) is 0 Å². The maximum atomic E-state index is 8.85. The second-order valence-electron chi connectivity index (χ2n) is 3.01. The monoisotopic (exact) mass is 231 g/mol. The van der Waals surface area contributed by atoms with Gasteiger partial charge in [-0.15, -0.1) is 0 Å². The number of aromatic nitrogens is 1. The number of rotatable bonds is 5. The molecular weight excluding hydrogens is 218 g/mol. The molecule has 6 heteroatoms. The van der Waals surface area contributed by atoms with Crippen LogP contribution in [0.25, 0.3) is 0 Å². The summed E-state index contributed by atoms with van der Waals surface area (Å²) in [7, 11) is 0. The second-order valence-corrected chi connectivity index (χ2v) is 3.42. The van der Waals surface area contributed by atoms with Crippen LogP contribution in [0.3, 0.4) is 0 Å². The van der Waals surface area contributed by atoms with Gasteiger partial charge in [0.05, 0.1) is 30.1 Å². The van der Waals surface area contributed by atoms with Crippen LogP contribution in [0.15, 0.2) is 12.3 Å². The second kappa shape index (κ2) is 5.75. The van der Waals surface area contributed by atoms with Gasteiger partial charge >= 0.3 is 0 Å². The lowest BCUT2D eigenvalue weighted by Gasteiger charge is -2.22. The highest BCUT2D eigenvalue weighted by Crippen LogP contribution is 2.24. The van der Waals surface area contributed by atoms with Crippen molar-refractivity contribution < 1.29 is 10.2 Å². The fourth-order valence-electron chi connectivity index (χ4n) is 1.24. The third-order valence-electron chi connectivity index (χ3n) is 1.88. The number of hydrogen-bond acceptors (Lipinski definition) is 5. The third kappa shape index (κ3) is 3.23. The summed E-state index contributed by atoms with van der Waals surface area (Å²) in [6, 6.07) is 1.59. The summed E-state index contributed by atoms with van der Waals surface area (Å²) in [5.41, 5.74) is 5.99. The Morgan fingerprint density at radius 2 is 1.93 bits per heavy atom. The summed E-state index contributed by atoms with van der Waals surface area (Å²) >= 11 is 5.95. The lowest BCUT2D eigenvalue weighted by atomic mass is 10.3. The van der Waals surface area contributed by atoms with E-state index in [1.165, 1.54) is 6.20 Å². The molecule has 0 atom stereocenters. The molecule has 0 saturated heterocycles. The topological polar surface area (TPSA) is 82.6 Å². The van der Waals surface area contributed by atoms with Crippen LogP contribution in [0.2, 0.25) is 5.02 Å². The summed E-state index contributed by atoms with van der Waals surface area (Å²) in [6.45, 7) is 0.694. The Kier molecular flexibility index (Phi) is 4.61. The first kappa shape index (κ1) is 12.0. The number of aliphatic hydroxyl groups is 2. The zero-order valence-electron chi connectivity index (χ0n) is 8.23. The van der Waals surface area contributed by atoms with Gasteiger partial charge in [-0.25, -0.2) is 4.98 Å². The molecule has 0 fully saturated rings. The van der Waals surface area contributed by atoms with Gasteiger partial charge in [0.2, 0.25) is 0 Å². The highest BCUT2D eigenvalue weighted by Gasteiger charge is 2.10. The van der Waals surface area contributed by atoms with Crippen LogP contribution in [0.4, 0.5) is 11.5 Å². The zero-order chi connectivity index (χ0) is 11.3. The van der Waals surface area contributed by atoms with E-state index in [-0.39, 0.29) is 13.2 Å².